The summed E-state index contributed by atoms with van der Waals surface area (Å²) < 4.78 is 34.3. The Bertz CT molecular complexity index is 653. The molecule has 0 heterocycles. The first-order chi connectivity index (χ1) is 14.1. The molecule has 2 aliphatic rings. The van der Waals surface area contributed by atoms with Crippen LogP contribution in [0, 0.1) is 29.4 Å². The smallest absolute Gasteiger partial charge is 0.200 e. The van der Waals surface area contributed by atoms with E-state index in [1.807, 2.05) is 6.92 Å². The molecule has 0 saturated heterocycles. The first-order valence-electron chi connectivity index (χ1n) is 11.9. The van der Waals surface area contributed by atoms with Gasteiger partial charge in [0.05, 0.1) is 6.61 Å². The SMILES string of the molecule is C/C=C/CCC1CCC(C2CCC(c3ccc(OCCC)c(F)c3F)CC2)CC1. The van der Waals surface area contributed by atoms with Crippen molar-refractivity contribution in [3.8, 4) is 5.75 Å². The van der Waals surface area contributed by atoms with Crippen LogP contribution in [0.25, 0.3) is 0 Å². The van der Waals surface area contributed by atoms with Crippen LogP contribution in [0.3, 0.4) is 0 Å². The third kappa shape index (κ3) is 5.83. The van der Waals surface area contributed by atoms with Crippen molar-refractivity contribution in [3.63, 3.8) is 0 Å². The first kappa shape index (κ1) is 22.3. The van der Waals surface area contributed by atoms with Gasteiger partial charge in [0.25, 0.3) is 0 Å². The number of halogens is 2. The summed E-state index contributed by atoms with van der Waals surface area (Å²) in [6.45, 7) is 4.47. The molecule has 2 aliphatic carbocycles. The van der Waals surface area contributed by atoms with Gasteiger partial charge >= 0.3 is 0 Å². The maximum Gasteiger partial charge on any atom is 0.200 e. The van der Waals surface area contributed by atoms with Gasteiger partial charge in [0.2, 0.25) is 5.82 Å². The standard InChI is InChI=1S/C26H38F2O/c1-3-5-6-7-19-8-10-20(11-9-19)21-12-14-22(15-13-21)23-16-17-24(29-18-4-2)26(28)25(23)27/h3,5,16-17,19-22H,4,6-15,18H2,1-2H3/b5-3+. The third-order valence-electron chi connectivity index (χ3n) is 7.29. The summed E-state index contributed by atoms with van der Waals surface area (Å²) in [5.74, 6) is 1.23. The van der Waals surface area contributed by atoms with E-state index in [1.165, 1.54) is 38.5 Å². The molecule has 162 valence electrons. The lowest BCUT2D eigenvalue weighted by Gasteiger charge is -2.38. The van der Waals surface area contributed by atoms with E-state index < -0.39 is 11.6 Å². The Morgan fingerprint density at radius 3 is 2.21 bits per heavy atom. The largest absolute Gasteiger partial charge is 0.490 e. The van der Waals surface area contributed by atoms with Gasteiger partial charge < -0.3 is 4.74 Å². The molecule has 0 N–H and O–H groups in total. The van der Waals surface area contributed by atoms with Crippen molar-refractivity contribution in [2.75, 3.05) is 6.61 Å². The van der Waals surface area contributed by atoms with Crippen molar-refractivity contribution < 1.29 is 13.5 Å². The van der Waals surface area contributed by atoms with Gasteiger partial charge in [-0.2, -0.15) is 4.39 Å². The van der Waals surface area contributed by atoms with E-state index in [-0.39, 0.29) is 11.7 Å². The van der Waals surface area contributed by atoms with Crippen LogP contribution in [0.4, 0.5) is 8.78 Å². The highest BCUT2D eigenvalue weighted by Gasteiger charge is 2.32. The molecule has 1 aromatic rings. The Labute approximate surface area is 175 Å². The lowest BCUT2D eigenvalue weighted by atomic mass is 9.68. The second-order valence-corrected chi connectivity index (χ2v) is 9.17. The van der Waals surface area contributed by atoms with E-state index in [4.69, 9.17) is 4.74 Å². The third-order valence-corrected chi connectivity index (χ3v) is 7.29. The summed E-state index contributed by atoms with van der Waals surface area (Å²) in [5, 5.41) is 0. The zero-order chi connectivity index (χ0) is 20.6. The Morgan fingerprint density at radius 1 is 0.931 bits per heavy atom. The summed E-state index contributed by atoms with van der Waals surface area (Å²) in [7, 11) is 0. The fourth-order valence-electron chi connectivity index (χ4n) is 5.53. The predicted molar refractivity (Wildman–Crippen MR) is 116 cm³/mol. The van der Waals surface area contributed by atoms with Crippen LogP contribution < -0.4 is 4.74 Å². The highest BCUT2D eigenvalue weighted by molar-refractivity contribution is 5.33. The fraction of sp³-hybridized carbons (Fsp3) is 0.692. The van der Waals surface area contributed by atoms with Gasteiger partial charge in [-0.15, -0.1) is 0 Å². The minimum Gasteiger partial charge on any atom is -0.490 e. The summed E-state index contributed by atoms with van der Waals surface area (Å²) in [5.41, 5.74) is 0.553. The molecule has 0 amide bonds. The van der Waals surface area contributed by atoms with Crippen LogP contribution >= 0.6 is 0 Å². The zero-order valence-electron chi connectivity index (χ0n) is 18.3. The molecular formula is C26H38F2O. The van der Waals surface area contributed by atoms with Crippen LogP contribution in [0.2, 0.25) is 0 Å². The van der Waals surface area contributed by atoms with Crippen molar-refractivity contribution in [2.45, 2.75) is 90.4 Å². The number of ether oxygens (including phenoxy) is 1. The van der Waals surface area contributed by atoms with Crippen molar-refractivity contribution in [1.82, 2.24) is 0 Å². The normalized spacial score (nSPS) is 28.0. The molecular weight excluding hydrogens is 366 g/mol. The molecule has 0 aromatic heterocycles. The molecule has 0 bridgehead atoms. The van der Waals surface area contributed by atoms with Crippen LogP contribution in [0.15, 0.2) is 24.3 Å². The van der Waals surface area contributed by atoms with Gasteiger partial charge in [-0.3, -0.25) is 0 Å². The Balaban J connectivity index is 1.49. The molecule has 0 unspecified atom stereocenters. The highest BCUT2D eigenvalue weighted by atomic mass is 19.2. The molecule has 3 heteroatoms. The summed E-state index contributed by atoms with van der Waals surface area (Å²) >= 11 is 0. The topological polar surface area (TPSA) is 9.23 Å². The Kier molecular flexibility index (Phi) is 8.56. The van der Waals surface area contributed by atoms with Gasteiger partial charge in [0.15, 0.2) is 11.6 Å². The molecule has 2 saturated carbocycles. The van der Waals surface area contributed by atoms with Gasteiger partial charge in [0, 0.05) is 0 Å². The number of hydrogen-bond donors (Lipinski definition) is 0. The van der Waals surface area contributed by atoms with E-state index in [2.05, 4.69) is 19.1 Å². The monoisotopic (exact) mass is 404 g/mol. The van der Waals surface area contributed by atoms with Crippen molar-refractivity contribution in [3.05, 3.63) is 41.5 Å². The molecule has 1 aromatic carbocycles. The molecule has 0 radical (unpaired) electrons. The van der Waals surface area contributed by atoms with Gasteiger partial charge in [-0.1, -0.05) is 38.0 Å². The minimum atomic E-state index is -0.811. The van der Waals surface area contributed by atoms with Crippen LogP contribution in [-0.4, -0.2) is 6.61 Å². The molecule has 0 spiro atoms. The second kappa shape index (κ2) is 11.1. The Hall–Kier alpha value is -1.38. The quantitative estimate of drug-likeness (QED) is 0.397. The molecule has 29 heavy (non-hydrogen) atoms. The Morgan fingerprint density at radius 2 is 1.59 bits per heavy atom. The average molecular weight is 405 g/mol. The van der Waals surface area contributed by atoms with Crippen molar-refractivity contribution in [2.24, 2.45) is 17.8 Å². The van der Waals surface area contributed by atoms with Gasteiger partial charge in [-0.05, 0) is 100 Å². The van der Waals surface area contributed by atoms with E-state index >= 15 is 0 Å². The summed E-state index contributed by atoms with van der Waals surface area (Å²) in [4.78, 5) is 0. The van der Waals surface area contributed by atoms with E-state index in [1.54, 1.807) is 12.1 Å². The molecule has 1 nitrogen and oxygen atoms in total. The van der Waals surface area contributed by atoms with Gasteiger partial charge in [-0.25, -0.2) is 4.39 Å². The maximum absolute atomic E-state index is 14.6. The van der Waals surface area contributed by atoms with E-state index in [0.29, 0.717) is 12.2 Å². The minimum absolute atomic E-state index is 0.0490. The molecule has 0 atom stereocenters. The predicted octanol–water partition coefficient (Wildman–Crippen LogP) is 8.19. The fourth-order valence-corrected chi connectivity index (χ4v) is 5.53. The lowest BCUT2D eigenvalue weighted by Crippen LogP contribution is -2.25. The first-order valence-corrected chi connectivity index (χ1v) is 11.9. The molecule has 0 aliphatic heterocycles. The van der Waals surface area contributed by atoms with Crippen molar-refractivity contribution in [1.29, 1.82) is 0 Å². The van der Waals surface area contributed by atoms with Crippen LogP contribution in [-0.2, 0) is 0 Å². The second-order valence-electron chi connectivity index (χ2n) is 9.17. The van der Waals surface area contributed by atoms with Gasteiger partial charge in [0.1, 0.15) is 0 Å². The number of allylic oxidation sites excluding steroid dienone is 2. The summed E-state index contributed by atoms with van der Waals surface area (Å²) in [6.07, 6.45) is 17.6. The van der Waals surface area contributed by atoms with E-state index in [0.717, 1.165) is 49.9 Å². The molecule has 2 fully saturated rings. The maximum atomic E-state index is 14.6. The summed E-state index contributed by atoms with van der Waals surface area (Å²) in [6, 6.07) is 3.37. The van der Waals surface area contributed by atoms with Crippen LogP contribution in [0.1, 0.15) is 96.0 Å². The number of benzene rings is 1. The van der Waals surface area contributed by atoms with E-state index in [9.17, 15) is 8.78 Å². The molecule has 3 rings (SSSR count). The average Bonchev–Trinajstić information content (AvgIpc) is 2.76. The number of hydrogen-bond acceptors (Lipinski definition) is 1. The number of rotatable bonds is 8. The van der Waals surface area contributed by atoms with Crippen LogP contribution in [0.5, 0.6) is 5.75 Å². The highest BCUT2D eigenvalue weighted by Crippen LogP contribution is 2.45. The van der Waals surface area contributed by atoms with Crippen molar-refractivity contribution >= 4 is 0 Å². The zero-order valence-corrected chi connectivity index (χ0v) is 18.3. The lowest BCUT2D eigenvalue weighted by molar-refractivity contribution is 0.156.